The van der Waals surface area contributed by atoms with E-state index in [1.807, 2.05) is 6.92 Å². The van der Waals surface area contributed by atoms with E-state index in [2.05, 4.69) is 0 Å². The molecule has 3 heteroatoms. The molecule has 0 aromatic carbocycles. The van der Waals surface area contributed by atoms with Gasteiger partial charge in [-0.25, -0.2) is 0 Å². The molecule has 0 spiro atoms. The van der Waals surface area contributed by atoms with E-state index in [-0.39, 0.29) is 11.8 Å². The summed E-state index contributed by atoms with van der Waals surface area (Å²) in [5, 5.41) is 18.8. The molecule has 2 aliphatic carbocycles. The average molecular weight is 184 g/mol. The van der Waals surface area contributed by atoms with Crippen molar-refractivity contribution < 1.29 is 15.0 Å². The summed E-state index contributed by atoms with van der Waals surface area (Å²) in [6.07, 6.45) is 3.23. The van der Waals surface area contributed by atoms with Crippen molar-refractivity contribution in [2.75, 3.05) is 0 Å². The van der Waals surface area contributed by atoms with E-state index >= 15 is 0 Å². The van der Waals surface area contributed by atoms with Crippen molar-refractivity contribution in [3.8, 4) is 0 Å². The van der Waals surface area contributed by atoms with Gasteiger partial charge in [0.05, 0.1) is 11.5 Å². The van der Waals surface area contributed by atoms with Crippen molar-refractivity contribution in [2.45, 2.75) is 38.2 Å². The fraction of sp³-hybridized carbons (Fsp3) is 0.900. The molecule has 0 heterocycles. The highest BCUT2D eigenvalue weighted by atomic mass is 16.4. The van der Waals surface area contributed by atoms with E-state index in [1.165, 1.54) is 0 Å². The van der Waals surface area contributed by atoms with Crippen LogP contribution in [-0.2, 0) is 4.79 Å². The van der Waals surface area contributed by atoms with Gasteiger partial charge in [0.25, 0.3) is 0 Å². The number of aliphatic carboxylic acids is 1. The Balaban J connectivity index is 2.13. The van der Waals surface area contributed by atoms with Crippen LogP contribution in [0.15, 0.2) is 0 Å². The van der Waals surface area contributed by atoms with Gasteiger partial charge in [-0.3, -0.25) is 4.79 Å². The Labute approximate surface area is 77.8 Å². The van der Waals surface area contributed by atoms with Crippen LogP contribution >= 0.6 is 0 Å². The molecule has 2 N–H and O–H groups in total. The summed E-state index contributed by atoms with van der Waals surface area (Å²) in [6, 6.07) is 0. The van der Waals surface area contributed by atoms with Gasteiger partial charge in [-0.1, -0.05) is 0 Å². The second kappa shape index (κ2) is 2.71. The largest absolute Gasteiger partial charge is 0.481 e. The highest BCUT2D eigenvalue weighted by Gasteiger charge is 2.47. The maximum Gasteiger partial charge on any atom is 0.306 e. The van der Waals surface area contributed by atoms with Gasteiger partial charge in [0.1, 0.15) is 0 Å². The molecular weight excluding hydrogens is 168 g/mol. The fourth-order valence-corrected chi connectivity index (χ4v) is 3.20. The van der Waals surface area contributed by atoms with Gasteiger partial charge in [-0.2, -0.15) is 0 Å². The Bertz CT molecular complexity index is 234. The molecule has 2 saturated carbocycles. The second-order valence-electron chi connectivity index (χ2n) is 4.95. The third-order valence-electron chi connectivity index (χ3n) is 3.54. The smallest absolute Gasteiger partial charge is 0.306 e. The molecule has 2 rings (SSSR count). The van der Waals surface area contributed by atoms with Crippen molar-refractivity contribution in [3.05, 3.63) is 0 Å². The SMILES string of the molecule is CC1(O)CC2CC(C1)C(C(=O)O)C2. The number of rotatable bonds is 1. The van der Waals surface area contributed by atoms with Crippen LogP contribution < -0.4 is 0 Å². The lowest BCUT2D eigenvalue weighted by Gasteiger charge is -2.33. The summed E-state index contributed by atoms with van der Waals surface area (Å²) < 4.78 is 0. The van der Waals surface area contributed by atoms with Gasteiger partial charge in [0.2, 0.25) is 0 Å². The minimum atomic E-state index is -0.676. The maximum atomic E-state index is 10.9. The first kappa shape index (κ1) is 9.00. The highest BCUT2D eigenvalue weighted by molar-refractivity contribution is 5.70. The van der Waals surface area contributed by atoms with Crippen LogP contribution in [0.3, 0.4) is 0 Å². The van der Waals surface area contributed by atoms with Gasteiger partial charge < -0.3 is 10.2 Å². The number of hydrogen-bond donors (Lipinski definition) is 2. The van der Waals surface area contributed by atoms with E-state index in [0.29, 0.717) is 12.3 Å². The molecule has 0 saturated heterocycles. The molecule has 2 bridgehead atoms. The monoisotopic (exact) mass is 184 g/mol. The third kappa shape index (κ3) is 1.57. The molecule has 74 valence electrons. The molecule has 0 aliphatic heterocycles. The zero-order chi connectivity index (χ0) is 9.64. The number of fused-ring (bicyclic) bond motifs is 2. The van der Waals surface area contributed by atoms with E-state index in [1.54, 1.807) is 0 Å². The lowest BCUT2D eigenvalue weighted by Crippen LogP contribution is -2.33. The minimum Gasteiger partial charge on any atom is -0.481 e. The number of carbonyl (C=O) groups is 1. The van der Waals surface area contributed by atoms with Crippen LogP contribution in [0.1, 0.15) is 32.6 Å². The summed E-state index contributed by atoms with van der Waals surface area (Å²) in [5.41, 5.74) is -0.613. The van der Waals surface area contributed by atoms with Crippen molar-refractivity contribution >= 4 is 5.97 Å². The third-order valence-corrected chi connectivity index (χ3v) is 3.54. The molecule has 3 nitrogen and oxygen atoms in total. The summed E-state index contributed by atoms with van der Waals surface area (Å²) >= 11 is 0. The van der Waals surface area contributed by atoms with Crippen molar-refractivity contribution in [2.24, 2.45) is 17.8 Å². The number of carboxylic acid groups (broad SMARTS) is 1. The summed E-state index contributed by atoms with van der Waals surface area (Å²) in [6.45, 7) is 1.83. The van der Waals surface area contributed by atoms with E-state index in [4.69, 9.17) is 5.11 Å². The van der Waals surface area contributed by atoms with Crippen LogP contribution in [0, 0.1) is 17.8 Å². The Hall–Kier alpha value is -0.570. The Morgan fingerprint density at radius 1 is 1.38 bits per heavy atom. The van der Waals surface area contributed by atoms with Crippen LogP contribution in [0.5, 0.6) is 0 Å². The van der Waals surface area contributed by atoms with Crippen LogP contribution in [0.4, 0.5) is 0 Å². The van der Waals surface area contributed by atoms with Crippen LogP contribution in [-0.4, -0.2) is 21.8 Å². The topological polar surface area (TPSA) is 57.5 Å². The minimum absolute atomic E-state index is 0.195. The molecule has 2 fully saturated rings. The average Bonchev–Trinajstić information content (AvgIpc) is 2.24. The maximum absolute atomic E-state index is 10.9. The van der Waals surface area contributed by atoms with Gasteiger partial charge in [-0.15, -0.1) is 0 Å². The molecule has 4 unspecified atom stereocenters. The molecule has 2 aliphatic rings. The van der Waals surface area contributed by atoms with Crippen molar-refractivity contribution in [3.63, 3.8) is 0 Å². The standard InChI is InChI=1S/C10H16O3/c1-10(13)4-6-2-7(5-10)8(3-6)9(11)12/h6-8,13H,2-5H2,1H3,(H,11,12). The first-order chi connectivity index (χ1) is 5.98. The van der Waals surface area contributed by atoms with Gasteiger partial charge in [-0.05, 0) is 44.4 Å². The molecule has 0 aromatic heterocycles. The predicted octanol–water partition coefficient (Wildman–Crippen LogP) is 1.26. The Morgan fingerprint density at radius 2 is 2.08 bits per heavy atom. The summed E-state index contributed by atoms with van der Waals surface area (Å²) in [7, 11) is 0. The Morgan fingerprint density at radius 3 is 2.69 bits per heavy atom. The van der Waals surface area contributed by atoms with E-state index < -0.39 is 11.6 Å². The molecular formula is C10H16O3. The number of aliphatic hydroxyl groups is 1. The predicted molar refractivity (Wildman–Crippen MR) is 47.2 cm³/mol. The Kier molecular flexibility index (Phi) is 1.88. The normalized spacial score (nSPS) is 49.2. The lowest BCUT2D eigenvalue weighted by molar-refractivity contribution is -0.143. The zero-order valence-corrected chi connectivity index (χ0v) is 7.86. The van der Waals surface area contributed by atoms with E-state index in [0.717, 1.165) is 19.3 Å². The summed E-state index contributed by atoms with van der Waals surface area (Å²) in [4.78, 5) is 10.9. The van der Waals surface area contributed by atoms with Gasteiger partial charge >= 0.3 is 5.97 Å². The molecule has 0 radical (unpaired) electrons. The second-order valence-corrected chi connectivity index (χ2v) is 4.95. The highest BCUT2D eigenvalue weighted by Crippen LogP contribution is 2.49. The van der Waals surface area contributed by atoms with Crippen LogP contribution in [0.2, 0.25) is 0 Å². The zero-order valence-electron chi connectivity index (χ0n) is 7.86. The quantitative estimate of drug-likeness (QED) is 0.645. The van der Waals surface area contributed by atoms with Crippen molar-refractivity contribution in [1.82, 2.24) is 0 Å². The molecule has 13 heavy (non-hydrogen) atoms. The summed E-state index contributed by atoms with van der Waals surface area (Å²) in [5.74, 6) is -0.217. The number of carboxylic acids is 1. The fourth-order valence-electron chi connectivity index (χ4n) is 3.20. The van der Waals surface area contributed by atoms with E-state index in [9.17, 15) is 9.90 Å². The van der Waals surface area contributed by atoms with Crippen LogP contribution in [0.25, 0.3) is 0 Å². The first-order valence-corrected chi connectivity index (χ1v) is 4.93. The molecule has 0 aromatic rings. The molecule has 4 atom stereocenters. The number of hydrogen-bond acceptors (Lipinski definition) is 2. The van der Waals surface area contributed by atoms with Crippen molar-refractivity contribution in [1.29, 1.82) is 0 Å². The van der Waals surface area contributed by atoms with Gasteiger partial charge in [0.15, 0.2) is 0 Å². The van der Waals surface area contributed by atoms with Gasteiger partial charge in [0, 0.05) is 0 Å². The lowest BCUT2D eigenvalue weighted by atomic mass is 9.78. The first-order valence-electron chi connectivity index (χ1n) is 4.93. The molecule has 0 amide bonds.